The number of amides is 2. The summed E-state index contributed by atoms with van der Waals surface area (Å²) in [4.78, 5) is 28.7. The number of alkyl halides is 3. The standard InChI is InChI=1S/C14H18F3N3O2S/c1-13(2,3)9-6-23-12(18-9)19-11(22)8-4-10(21)20(5-8)7-14(15,16)17/h6,8H,4-5,7H2,1-3H3,(H,18,19,22)/t8-/m1/s1. The van der Waals surface area contributed by atoms with Crippen LogP contribution in [-0.4, -0.2) is 41.0 Å². The topological polar surface area (TPSA) is 62.3 Å². The van der Waals surface area contributed by atoms with E-state index in [1.54, 1.807) is 0 Å². The number of nitrogens with zero attached hydrogens (tertiary/aromatic N) is 2. The van der Waals surface area contributed by atoms with Crippen LogP contribution < -0.4 is 5.32 Å². The zero-order chi connectivity index (χ0) is 17.4. The van der Waals surface area contributed by atoms with Crippen molar-refractivity contribution in [1.82, 2.24) is 9.88 Å². The zero-order valence-electron chi connectivity index (χ0n) is 13.0. The van der Waals surface area contributed by atoms with Gasteiger partial charge in [-0.15, -0.1) is 11.3 Å². The molecule has 23 heavy (non-hydrogen) atoms. The number of thiazole rings is 1. The highest BCUT2D eigenvalue weighted by atomic mass is 32.1. The summed E-state index contributed by atoms with van der Waals surface area (Å²) >= 11 is 1.25. The minimum absolute atomic E-state index is 0.160. The molecule has 1 aliphatic rings. The molecular weight excluding hydrogens is 331 g/mol. The van der Waals surface area contributed by atoms with Gasteiger partial charge in [-0.25, -0.2) is 4.98 Å². The fraction of sp³-hybridized carbons (Fsp3) is 0.643. The lowest BCUT2D eigenvalue weighted by molar-refractivity contribution is -0.157. The molecule has 9 heteroatoms. The van der Waals surface area contributed by atoms with E-state index < -0.39 is 30.5 Å². The molecular formula is C14H18F3N3O2S. The SMILES string of the molecule is CC(C)(C)c1csc(NC(=O)[C@@H]2CC(=O)N(CC(F)(F)F)C2)n1. The molecule has 0 aromatic carbocycles. The second-order valence-electron chi connectivity index (χ2n) is 6.57. The molecule has 1 saturated heterocycles. The quantitative estimate of drug-likeness (QED) is 0.913. The Bertz CT molecular complexity index is 607. The van der Waals surface area contributed by atoms with Gasteiger partial charge in [0, 0.05) is 23.8 Å². The Labute approximate surface area is 135 Å². The maximum absolute atomic E-state index is 12.4. The van der Waals surface area contributed by atoms with Crippen molar-refractivity contribution in [2.75, 3.05) is 18.4 Å². The minimum Gasteiger partial charge on any atom is -0.333 e. The molecule has 1 aliphatic heterocycles. The van der Waals surface area contributed by atoms with Crippen LogP contribution >= 0.6 is 11.3 Å². The Hall–Kier alpha value is -1.64. The van der Waals surface area contributed by atoms with E-state index in [0.717, 1.165) is 5.69 Å². The molecule has 2 amide bonds. The van der Waals surface area contributed by atoms with Crippen molar-refractivity contribution < 1.29 is 22.8 Å². The summed E-state index contributed by atoms with van der Waals surface area (Å²) < 4.78 is 37.1. The number of anilines is 1. The van der Waals surface area contributed by atoms with Gasteiger partial charge >= 0.3 is 6.18 Å². The molecule has 2 rings (SSSR count). The second-order valence-corrected chi connectivity index (χ2v) is 7.43. The zero-order valence-corrected chi connectivity index (χ0v) is 13.8. The largest absolute Gasteiger partial charge is 0.406 e. The number of likely N-dealkylation sites (tertiary alicyclic amines) is 1. The van der Waals surface area contributed by atoms with E-state index >= 15 is 0 Å². The summed E-state index contributed by atoms with van der Waals surface area (Å²) in [6.45, 7) is 4.41. The predicted molar refractivity (Wildman–Crippen MR) is 80.2 cm³/mol. The third kappa shape index (κ3) is 4.66. The van der Waals surface area contributed by atoms with Crippen LogP contribution in [0.4, 0.5) is 18.3 Å². The first-order valence-corrected chi connectivity index (χ1v) is 7.95. The Kier molecular flexibility index (Phi) is 4.70. The molecule has 0 saturated carbocycles. The molecule has 0 aliphatic carbocycles. The molecule has 1 N–H and O–H groups in total. The highest BCUT2D eigenvalue weighted by Gasteiger charge is 2.40. The van der Waals surface area contributed by atoms with Crippen LogP contribution in [0.2, 0.25) is 0 Å². The summed E-state index contributed by atoms with van der Waals surface area (Å²) in [5.41, 5.74) is 0.658. The van der Waals surface area contributed by atoms with Crippen molar-refractivity contribution in [3.8, 4) is 0 Å². The van der Waals surface area contributed by atoms with Crippen molar-refractivity contribution in [3.05, 3.63) is 11.1 Å². The minimum atomic E-state index is -4.46. The van der Waals surface area contributed by atoms with E-state index in [1.165, 1.54) is 11.3 Å². The molecule has 1 fully saturated rings. The first kappa shape index (κ1) is 17.7. The number of aromatic nitrogens is 1. The second kappa shape index (κ2) is 6.10. The van der Waals surface area contributed by atoms with Crippen molar-refractivity contribution in [2.24, 2.45) is 5.92 Å². The lowest BCUT2D eigenvalue weighted by Crippen LogP contribution is -2.36. The van der Waals surface area contributed by atoms with Crippen LogP contribution in [0.1, 0.15) is 32.9 Å². The van der Waals surface area contributed by atoms with E-state index in [2.05, 4.69) is 10.3 Å². The van der Waals surface area contributed by atoms with E-state index in [9.17, 15) is 22.8 Å². The average molecular weight is 349 g/mol. The summed E-state index contributed by atoms with van der Waals surface area (Å²) in [7, 11) is 0. The maximum atomic E-state index is 12.4. The van der Waals surface area contributed by atoms with Gasteiger partial charge in [-0.3, -0.25) is 9.59 Å². The van der Waals surface area contributed by atoms with E-state index in [1.807, 2.05) is 26.2 Å². The van der Waals surface area contributed by atoms with Gasteiger partial charge in [-0.2, -0.15) is 13.2 Å². The molecule has 1 aromatic heterocycles. The summed E-state index contributed by atoms with van der Waals surface area (Å²) in [5.74, 6) is -1.92. The summed E-state index contributed by atoms with van der Waals surface area (Å²) in [5, 5.41) is 4.80. The number of halogens is 3. The Balaban J connectivity index is 1.97. The van der Waals surface area contributed by atoms with Crippen LogP contribution in [-0.2, 0) is 15.0 Å². The van der Waals surface area contributed by atoms with Gasteiger partial charge in [-0.05, 0) is 0 Å². The number of hydrogen-bond donors (Lipinski definition) is 1. The number of rotatable bonds is 3. The normalized spacial score (nSPS) is 19.3. The Morgan fingerprint density at radius 1 is 1.43 bits per heavy atom. The highest BCUT2D eigenvalue weighted by Crippen LogP contribution is 2.28. The van der Waals surface area contributed by atoms with Crippen LogP contribution in [0, 0.1) is 5.92 Å². The maximum Gasteiger partial charge on any atom is 0.406 e. The molecule has 5 nitrogen and oxygen atoms in total. The van der Waals surface area contributed by atoms with Crippen molar-refractivity contribution >= 4 is 28.3 Å². The average Bonchev–Trinajstić information content (AvgIpc) is 2.95. The first-order valence-electron chi connectivity index (χ1n) is 7.07. The van der Waals surface area contributed by atoms with Crippen LogP contribution in [0.5, 0.6) is 0 Å². The van der Waals surface area contributed by atoms with Crippen molar-refractivity contribution in [1.29, 1.82) is 0 Å². The highest BCUT2D eigenvalue weighted by molar-refractivity contribution is 7.13. The van der Waals surface area contributed by atoms with Gasteiger partial charge in [0.15, 0.2) is 5.13 Å². The third-order valence-electron chi connectivity index (χ3n) is 3.46. The fourth-order valence-corrected chi connectivity index (χ4v) is 3.14. The van der Waals surface area contributed by atoms with Gasteiger partial charge in [0.1, 0.15) is 6.54 Å². The number of carbonyl (C=O) groups is 2. The molecule has 0 unspecified atom stereocenters. The lowest BCUT2D eigenvalue weighted by atomic mass is 9.93. The smallest absolute Gasteiger partial charge is 0.333 e. The third-order valence-corrected chi connectivity index (χ3v) is 4.22. The molecule has 0 radical (unpaired) electrons. The van der Waals surface area contributed by atoms with E-state index in [-0.39, 0.29) is 18.4 Å². The van der Waals surface area contributed by atoms with Gasteiger partial charge < -0.3 is 10.2 Å². The molecule has 0 bridgehead atoms. The Morgan fingerprint density at radius 3 is 2.61 bits per heavy atom. The van der Waals surface area contributed by atoms with Crippen LogP contribution in [0.3, 0.4) is 0 Å². The molecule has 1 aromatic rings. The van der Waals surface area contributed by atoms with Crippen LogP contribution in [0.25, 0.3) is 0 Å². The molecule has 1 atom stereocenters. The van der Waals surface area contributed by atoms with Gasteiger partial charge in [-0.1, -0.05) is 20.8 Å². The summed E-state index contributed by atoms with van der Waals surface area (Å²) in [6, 6.07) is 0. The molecule has 0 spiro atoms. The van der Waals surface area contributed by atoms with Crippen molar-refractivity contribution in [2.45, 2.75) is 38.8 Å². The molecule has 128 valence electrons. The number of carbonyl (C=O) groups excluding carboxylic acids is 2. The fourth-order valence-electron chi connectivity index (χ4n) is 2.20. The van der Waals surface area contributed by atoms with Gasteiger partial charge in [0.05, 0.1) is 11.6 Å². The van der Waals surface area contributed by atoms with E-state index in [0.29, 0.717) is 10.0 Å². The number of hydrogen-bond acceptors (Lipinski definition) is 4. The van der Waals surface area contributed by atoms with Gasteiger partial charge in [0.2, 0.25) is 11.8 Å². The lowest BCUT2D eigenvalue weighted by Gasteiger charge is -2.18. The van der Waals surface area contributed by atoms with E-state index in [4.69, 9.17) is 0 Å². The van der Waals surface area contributed by atoms with Crippen LogP contribution in [0.15, 0.2) is 5.38 Å². The van der Waals surface area contributed by atoms with Crippen molar-refractivity contribution in [3.63, 3.8) is 0 Å². The summed E-state index contributed by atoms with van der Waals surface area (Å²) in [6.07, 6.45) is -4.67. The van der Waals surface area contributed by atoms with Gasteiger partial charge in [0.25, 0.3) is 0 Å². The number of nitrogens with one attached hydrogen (secondary N) is 1. The predicted octanol–water partition coefficient (Wildman–Crippen LogP) is 2.79. The molecule has 2 heterocycles. The first-order chi connectivity index (χ1) is 10.5. The Morgan fingerprint density at radius 2 is 2.09 bits per heavy atom. The monoisotopic (exact) mass is 349 g/mol.